The predicted octanol–water partition coefficient (Wildman–Crippen LogP) is 5.80. The number of nitro benzene ring substituents is 1. The standard InChI is InChI=1S/C34H34ClN3O7/c1-19(2)25-17-26-32(34(43)37(33(26)42)22-6-5-7-23(15-22)38(44)45)27(18-39)31(25)30(41)12-10-21(29-8-3-4-13-36-29)14-20-9-11-24(40)16-28(20)35/h3-9,11,13-16,19,26-27,30,32,39-41H,10,12,17-18H2,1-2H3/b21-14-/t26-,27+,30-,32-/m1/s1. The van der Waals surface area contributed by atoms with Crippen LogP contribution in [-0.4, -0.2) is 49.8 Å². The molecule has 4 atom stereocenters. The largest absolute Gasteiger partial charge is 0.508 e. The Morgan fingerprint density at radius 2 is 1.91 bits per heavy atom. The van der Waals surface area contributed by atoms with E-state index in [2.05, 4.69) is 4.98 Å². The van der Waals surface area contributed by atoms with Crippen molar-refractivity contribution >= 4 is 46.4 Å². The molecule has 0 radical (unpaired) electrons. The molecule has 2 aliphatic rings. The third kappa shape index (κ3) is 6.40. The Labute approximate surface area is 265 Å². The summed E-state index contributed by atoms with van der Waals surface area (Å²) in [5.74, 6) is -3.56. The Balaban J connectivity index is 1.47. The molecule has 10 nitrogen and oxygen atoms in total. The molecule has 1 aliphatic carbocycles. The van der Waals surface area contributed by atoms with Gasteiger partial charge in [0.05, 0.1) is 45.9 Å². The lowest BCUT2D eigenvalue weighted by Gasteiger charge is -2.38. The zero-order valence-electron chi connectivity index (χ0n) is 24.8. The number of hydrogen-bond acceptors (Lipinski definition) is 8. The fourth-order valence-electron chi connectivity index (χ4n) is 6.54. The van der Waals surface area contributed by atoms with Gasteiger partial charge in [0.1, 0.15) is 5.75 Å². The maximum Gasteiger partial charge on any atom is 0.271 e. The molecule has 1 aliphatic heterocycles. The molecule has 45 heavy (non-hydrogen) atoms. The molecule has 3 aromatic rings. The Morgan fingerprint density at radius 3 is 2.56 bits per heavy atom. The van der Waals surface area contributed by atoms with Crippen molar-refractivity contribution in [2.24, 2.45) is 23.7 Å². The highest BCUT2D eigenvalue weighted by atomic mass is 35.5. The average molecular weight is 632 g/mol. The van der Waals surface area contributed by atoms with E-state index in [9.17, 15) is 35.0 Å². The number of aromatic nitrogens is 1. The summed E-state index contributed by atoms with van der Waals surface area (Å²) in [6, 6.07) is 15.5. The summed E-state index contributed by atoms with van der Waals surface area (Å²) in [4.78, 5) is 43.7. The Bertz CT molecular complexity index is 1690. The van der Waals surface area contributed by atoms with Crippen molar-refractivity contribution < 1.29 is 29.8 Å². The van der Waals surface area contributed by atoms with Gasteiger partial charge in [-0.2, -0.15) is 0 Å². The number of carbonyl (C=O) groups excluding carboxylic acids is 2. The second-order valence-corrected chi connectivity index (χ2v) is 12.1. The average Bonchev–Trinajstić information content (AvgIpc) is 3.28. The van der Waals surface area contributed by atoms with Gasteiger partial charge in [0.2, 0.25) is 11.8 Å². The first-order chi connectivity index (χ1) is 21.5. The number of imide groups is 1. The minimum Gasteiger partial charge on any atom is -0.508 e. The maximum absolute atomic E-state index is 13.8. The number of amides is 2. The van der Waals surface area contributed by atoms with Crippen LogP contribution in [0.25, 0.3) is 11.6 Å². The highest BCUT2D eigenvalue weighted by Gasteiger charge is 2.55. The van der Waals surface area contributed by atoms with Crippen LogP contribution in [0, 0.1) is 33.8 Å². The minimum atomic E-state index is -1.04. The second kappa shape index (κ2) is 13.3. The molecule has 1 fully saturated rings. The number of phenols is 1. The van der Waals surface area contributed by atoms with Gasteiger partial charge in [-0.05, 0) is 84.4 Å². The maximum atomic E-state index is 13.8. The summed E-state index contributed by atoms with van der Waals surface area (Å²) in [6.45, 7) is 3.43. The zero-order valence-corrected chi connectivity index (χ0v) is 25.6. The number of phenolic OH excluding ortho intramolecular Hbond substituents is 1. The van der Waals surface area contributed by atoms with Crippen LogP contribution in [0.4, 0.5) is 11.4 Å². The van der Waals surface area contributed by atoms with Crippen LogP contribution in [-0.2, 0) is 9.59 Å². The Hall–Kier alpha value is -4.38. The minimum absolute atomic E-state index is 0.0368. The smallest absolute Gasteiger partial charge is 0.271 e. The first kappa shape index (κ1) is 32.0. The first-order valence-electron chi connectivity index (χ1n) is 14.8. The fraction of sp³-hybridized carbons (Fsp3) is 0.324. The normalized spacial score (nSPS) is 21.0. The monoisotopic (exact) mass is 631 g/mol. The molecule has 1 saturated heterocycles. The number of allylic oxidation sites excluding steroid dienone is 2. The zero-order chi connectivity index (χ0) is 32.4. The van der Waals surface area contributed by atoms with Crippen LogP contribution >= 0.6 is 11.6 Å². The molecule has 2 aromatic carbocycles. The number of carbonyl (C=O) groups is 2. The summed E-state index contributed by atoms with van der Waals surface area (Å²) in [5, 5.41) is 43.9. The lowest BCUT2D eigenvalue weighted by Crippen LogP contribution is -2.39. The third-order valence-electron chi connectivity index (χ3n) is 8.67. The summed E-state index contributed by atoms with van der Waals surface area (Å²) >= 11 is 6.39. The molecule has 2 amide bonds. The Morgan fingerprint density at radius 1 is 1.13 bits per heavy atom. The second-order valence-electron chi connectivity index (χ2n) is 11.7. The van der Waals surface area contributed by atoms with Crippen LogP contribution in [0.2, 0.25) is 5.02 Å². The molecule has 5 rings (SSSR count). The van der Waals surface area contributed by atoms with E-state index in [-0.39, 0.29) is 35.9 Å². The summed E-state index contributed by atoms with van der Waals surface area (Å²) in [6.07, 6.45) is 3.30. The van der Waals surface area contributed by atoms with Crippen molar-refractivity contribution in [2.45, 2.75) is 39.2 Å². The number of nitro groups is 1. The van der Waals surface area contributed by atoms with Crippen LogP contribution in [0.5, 0.6) is 5.75 Å². The molecule has 234 valence electrons. The van der Waals surface area contributed by atoms with E-state index in [1.54, 1.807) is 18.3 Å². The van der Waals surface area contributed by atoms with E-state index in [0.29, 0.717) is 28.3 Å². The predicted molar refractivity (Wildman–Crippen MR) is 170 cm³/mol. The molecular formula is C34H34ClN3O7. The van der Waals surface area contributed by atoms with Crippen molar-refractivity contribution in [1.82, 2.24) is 4.98 Å². The van der Waals surface area contributed by atoms with E-state index in [4.69, 9.17) is 11.6 Å². The van der Waals surface area contributed by atoms with Crippen LogP contribution in [0.15, 0.2) is 78.0 Å². The number of halogens is 1. The molecule has 0 bridgehead atoms. The van der Waals surface area contributed by atoms with E-state index in [1.807, 2.05) is 32.1 Å². The van der Waals surface area contributed by atoms with E-state index in [0.717, 1.165) is 16.0 Å². The number of hydrogen-bond donors (Lipinski definition) is 3. The van der Waals surface area contributed by atoms with Crippen molar-refractivity contribution in [3.8, 4) is 5.75 Å². The number of pyridine rings is 1. The number of anilines is 1. The van der Waals surface area contributed by atoms with Gasteiger partial charge in [0.25, 0.3) is 5.69 Å². The van der Waals surface area contributed by atoms with Crippen LogP contribution in [0.1, 0.15) is 44.4 Å². The molecule has 1 aromatic heterocycles. The highest BCUT2D eigenvalue weighted by Crippen LogP contribution is 2.49. The number of aromatic hydroxyl groups is 1. The SMILES string of the molecule is CC(C)C1=C([C@H](O)CC/C(=C/c2ccc(O)cc2Cl)c2ccccn2)[C@H](CO)[C@@H]2C(=O)N(c3cccc([N+](=O)[O-])c3)C(=O)[C@@H]2C1. The van der Waals surface area contributed by atoms with Crippen molar-refractivity contribution in [2.75, 3.05) is 11.5 Å². The lowest BCUT2D eigenvalue weighted by molar-refractivity contribution is -0.384. The summed E-state index contributed by atoms with van der Waals surface area (Å²) in [7, 11) is 0. The molecule has 0 spiro atoms. The number of aliphatic hydroxyl groups is 2. The number of rotatable bonds is 10. The van der Waals surface area contributed by atoms with Gasteiger partial charge < -0.3 is 15.3 Å². The summed E-state index contributed by atoms with van der Waals surface area (Å²) < 4.78 is 0. The quantitative estimate of drug-likeness (QED) is 0.110. The van der Waals surface area contributed by atoms with Crippen LogP contribution < -0.4 is 4.90 Å². The van der Waals surface area contributed by atoms with Gasteiger partial charge in [0.15, 0.2) is 0 Å². The molecule has 0 unspecified atom stereocenters. The summed E-state index contributed by atoms with van der Waals surface area (Å²) in [5.41, 5.74) is 3.36. The molecular weight excluding hydrogens is 598 g/mol. The lowest BCUT2D eigenvalue weighted by atomic mass is 9.66. The van der Waals surface area contributed by atoms with Crippen molar-refractivity contribution in [1.29, 1.82) is 0 Å². The number of non-ortho nitro benzene ring substituents is 1. The van der Waals surface area contributed by atoms with Gasteiger partial charge in [0, 0.05) is 24.2 Å². The van der Waals surface area contributed by atoms with E-state index in [1.165, 1.54) is 36.4 Å². The first-order valence-corrected chi connectivity index (χ1v) is 15.1. The fourth-order valence-corrected chi connectivity index (χ4v) is 6.77. The Kier molecular flexibility index (Phi) is 9.48. The van der Waals surface area contributed by atoms with Gasteiger partial charge >= 0.3 is 0 Å². The topological polar surface area (TPSA) is 154 Å². The highest BCUT2D eigenvalue weighted by molar-refractivity contribution is 6.32. The van der Waals surface area contributed by atoms with Gasteiger partial charge in [-0.15, -0.1) is 0 Å². The molecule has 11 heteroatoms. The molecule has 3 N–H and O–H groups in total. The van der Waals surface area contributed by atoms with Gasteiger partial charge in [-0.3, -0.25) is 24.7 Å². The molecule has 2 heterocycles. The van der Waals surface area contributed by atoms with Gasteiger partial charge in [-0.1, -0.05) is 43.2 Å². The van der Waals surface area contributed by atoms with Gasteiger partial charge in [-0.25, -0.2) is 4.90 Å². The number of aliphatic hydroxyl groups excluding tert-OH is 2. The third-order valence-corrected chi connectivity index (χ3v) is 8.99. The number of fused-ring (bicyclic) bond motifs is 1. The molecule has 0 saturated carbocycles. The number of nitrogens with zero attached hydrogens (tertiary/aromatic N) is 3. The van der Waals surface area contributed by atoms with Crippen LogP contribution in [0.3, 0.4) is 0 Å². The van der Waals surface area contributed by atoms with E-state index < -0.39 is 47.2 Å². The van der Waals surface area contributed by atoms with E-state index >= 15 is 0 Å². The van der Waals surface area contributed by atoms with Crippen molar-refractivity contribution in [3.05, 3.63) is 104 Å². The number of benzene rings is 2. The van der Waals surface area contributed by atoms with Crippen molar-refractivity contribution in [3.63, 3.8) is 0 Å².